The second-order valence-corrected chi connectivity index (χ2v) is 6.58. The van der Waals surface area contributed by atoms with Crippen molar-refractivity contribution in [3.8, 4) is 0 Å². The molecule has 2 aromatic carbocycles. The maximum atomic E-state index is 12.3. The summed E-state index contributed by atoms with van der Waals surface area (Å²) < 4.78 is 0. The van der Waals surface area contributed by atoms with E-state index in [1.54, 1.807) is 11.8 Å². The van der Waals surface area contributed by atoms with Crippen molar-refractivity contribution in [1.29, 1.82) is 0 Å². The lowest BCUT2D eigenvalue weighted by atomic mass is 10.1. The normalized spacial score (nSPS) is 10.7. The van der Waals surface area contributed by atoms with Crippen molar-refractivity contribution in [3.63, 3.8) is 0 Å². The van der Waals surface area contributed by atoms with Crippen LogP contribution in [0, 0.1) is 0 Å². The van der Waals surface area contributed by atoms with E-state index in [4.69, 9.17) is 0 Å². The summed E-state index contributed by atoms with van der Waals surface area (Å²) in [5, 5.41) is 3.98. The van der Waals surface area contributed by atoms with Crippen molar-refractivity contribution in [3.05, 3.63) is 65.9 Å². The van der Waals surface area contributed by atoms with Gasteiger partial charge in [0.1, 0.15) is 0 Å². The molecule has 1 heterocycles. The second-order valence-electron chi connectivity index (χ2n) is 6.58. The molecule has 0 fully saturated rings. The topological polar surface area (TPSA) is 65.2 Å². The predicted molar refractivity (Wildman–Crippen MR) is 109 cm³/mol. The number of amides is 2. The van der Waals surface area contributed by atoms with Crippen LogP contribution < -0.4 is 10.2 Å². The standard InChI is InChI=1S/C22H25N3O2/c1-3-17-8-10-19(11-9-17)25(16(2)26)13-12-23-22(27)14-18-15-24-21-7-5-4-6-20(18)21/h4-11,15,24H,3,12-14H2,1-2H3,(H,23,27). The van der Waals surface area contributed by atoms with E-state index in [2.05, 4.69) is 17.2 Å². The minimum absolute atomic E-state index is 0.0369. The zero-order valence-electron chi connectivity index (χ0n) is 15.8. The molecule has 0 aliphatic carbocycles. The van der Waals surface area contributed by atoms with Gasteiger partial charge >= 0.3 is 0 Å². The highest BCUT2D eigenvalue weighted by atomic mass is 16.2. The summed E-state index contributed by atoms with van der Waals surface area (Å²) in [6.07, 6.45) is 3.15. The molecule has 0 bridgehead atoms. The molecule has 2 N–H and O–H groups in total. The molecule has 0 atom stereocenters. The monoisotopic (exact) mass is 363 g/mol. The van der Waals surface area contributed by atoms with Crippen molar-refractivity contribution in [2.24, 2.45) is 0 Å². The largest absolute Gasteiger partial charge is 0.361 e. The number of carbonyl (C=O) groups is 2. The number of nitrogens with zero attached hydrogens (tertiary/aromatic N) is 1. The Kier molecular flexibility index (Phi) is 5.91. The van der Waals surface area contributed by atoms with E-state index in [-0.39, 0.29) is 11.8 Å². The highest BCUT2D eigenvalue weighted by Gasteiger charge is 2.13. The number of rotatable bonds is 7. The molecule has 2 amide bonds. The first-order valence-electron chi connectivity index (χ1n) is 9.27. The van der Waals surface area contributed by atoms with Gasteiger partial charge in [0.05, 0.1) is 6.42 Å². The number of hydrogen-bond donors (Lipinski definition) is 2. The Morgan fingerprint density at radius 1 is 1.07 bits per heavy atom. The van der Waals surface area contributed by atoms with E-state index in [9.17, 15) is 9.59 Å². The SMILES string of the molecule is CCc1ccc(N(CCNC(=O)Cc2c[nH]c3ccccc23)C(C)=O)cc1. The zero-order chi connectivity index (χ0) is 19.2. The van der Waals surface area contributed by atoms with Gasteiger partial charge < -0.3 is 15.2 Å². The Balaban J connectivity index is 1.56. The quantitative estimate of drug-likeness (QED) is 0.675. The van der Waals surface area contributed by atoms with Crippen molar-refractivity contribution < 1.29 is 9.59 Å². The maximum Gasteiger partial charge on any atom is 0.224 e. The Morgan fingerprint density at radius 2 is 1.81 bits per heavy atom. The molecule has 0 unspecified atom stereocenters. The first kappa shape index (κ1) is 18.7. The number of H-pyrrole nitrogens is 1. The van der Waals surface area contributed by atoms with Crippen molar-refractivity contribution in [1.82, 2.24) is 10.3 Å². The van der Waals surface area contributed by atoms with Crippen molar-refractivity contribution >= 4 is 28.4 Å². The van der Waals surface area contributed by atoms with Crippen LogP contribution >= 0.6 is 0 Å². The van der Waals surface area contributed by atoms with Crippen LogP contribution in [-0.2, 0) is 22.4 Å². The van der Waals surface area contributed by atoms with Crippen LogP contribution in [0.3, 0.4) is 0 Å². The third-order valence-electron chi connectivity index (χ3n) is 4.72. The number of carbonyl (C=O) groups excluding carboxylic acids is 2. The summed E-state index contributed by atoms with van der Waals surface area (Å²) >= 11 is 0. The van der Waals surface area contributed by atoms with Crippen molar-refractivity contribution in [2.45, 2.75) is 26.7 Å². The van der Waals surface area contributed by atoms with Crippen LogP contribution in [0.4, 0.5) is 5.69 Å². The molecule has 0 saturated heterocycles. The molecule has 140 valence electrons. The second kappa shape index (κ2) is 8.54. The third-order valence-corrected chi connectivity index (χ3v) is 4.72. The van der Waals surface area contributed by atoms with Crippen LogP contribution in [0.25, 0.3) is 10.9 Å². The van der Waals surface area contributed by atoms with Crippen LogP contribution in [0.2, 0.25) is 0 Å². The average Bonchev–Trinajstić information content (AvgIpc) is 3.08. The fourth-order valence-electron chi connectivity index (χ4n) is 3.20. The summed E-state index contributed by atoms with van der Waals surface area (Å²) in [6, 6.07) is 15.9. The number of aromatic nitrogens is 1. The molecule has 0 aliphatic rings. The summed E-state index contributed by atoms with van der Waals surface area (Å²) in [7, 11) is 0. The lowest BCUT2D eigenvalue weighted by Crippen LogP contribution is -2.38. The van der Waals surface area contributed by atoms with Crippen LogP contribution in [-0.4, -0.2) is 29.9 Å². The zero-order valence-corrected chi connectivity index (χ0v) is 15.8. The molecule has 1 aromatic heterocycles. The van der Waals surface area contributed by atoms with Gasteiger partial charge in [0.2, 0.25) is 11.8 Å². The van der Waals surface area contributed by atoms with E-state index in [1.807, 2.05) is 54.7 Å². The van der Waals surface area contributed by atoms with E-state index in [1.165, 1.54) is 5.56 Å². The molecule has 0 spiro atoms. The van der Waals surface area contributed by atoms with E-state index < -0.39 is 0 Å². The maximum absolute atomic E-state index is 12.3. The number of hydrogen-bond acceptors (Lipinski definition) is 2. The predicted octanol–water partition coefficient (Wildman–Crippen LogP) is 3.44. The summed E-state index contributed by atoms with van der Waals surface area (Å²) in [4.78, 5) is 29.2. The third kappa shape index (κ3) is 4.56. The number of anilines is 1. The molecule has 3 rings (SSSR count). The van der Waals surface area contributed by atoms with Crippen molar-refractivity contribution in [2.75, 3.05) is 18.0 Å². The number of aryl methyl sites for hydroxylation is 1. The van der Waals surface area contributed by atoms with Gasteiger partial charge in [-0.2, -0.15) is 0 Å². The molecule has 0 saturated carbocycles. The smallest absolute Gasteiger partial charge is 0.224 e. The lowest BCUT2D eigenvalue weighted by Gasteiger charge is -2.21. The van der Waals surface area contributed by atoms with Gasteiger partial charge in [-0.25, -0.2) is 0 Å². The minimum Gasteiger partial charge on any atom is -0.361 e. The molecule has 0 radical (unpaired) electrons. The number of fused-ring (bicyclic) bond motifs is 1. The van der Waals surface area contributed by atoms with E-state index >= 15 is 0 Å². The van der Waals surface area contributed by atoms with Gasteiger partial charge in [-0.15, -0.1) is 0 Å². The number of nitrogens with one attached hydrogen (secondary N) is 2. The van der Waals surface area contributed by atoms with Gasteiger partial charge in [-0.3, -0.25) is 9.59 Å². The van der Waals surface area contributed by atoms with Gasteiger partial charge in [-0.1, -0.05) is 37.3 Å². The highest BCUT2D eigenvalue weighted by Crippen LogP contribution is 2.18. The molecular formula is C22H25N3O2. The van der Waals surface area contributed by atoms with Gasteiger partial charge in [-0.05, 0) is 35.7 Å². The van der Waals surface area contributed by atoms with E-state index in [0.717, 1.165) is 28.6 Å². The molecule has 5 heteroatoms. The number of para-hydroxylation sites is 1. The average molecular weight is 363 g/mol. The fourth-order valence-corrected chi connectivity index (χ4v) is 3.20. The Morgan fingerprint density at radius 3 is 2.52 bits per heavy atom. The highest BCUT2D eigenvalue weighted by molar-refractivity contribution is 5.92. The van der Waals surface area contributed by atoms with Crippen LogP contribution in [0.5, 0.6) is 0 Å². The molecule has 27 heavy (non-hydrogen) atoms. The first-order chi connectivity index (χ1) is 13.1. The van der Waals surface area contributed by atoms with Crippen LogP contribution in [0.1, 0.15) is 25.0 Å². The Hall–Kier alpha value is -3.08. The van der Waals surface area contributed by atoms with E-state index in [0.29, 0.717) is 19.5 Å². The summed E-state index contributed by atoms with van der Waals surface area (Å²) in [6.45, 7) is 4.50. The number of aromatic amines is 1. The van der Waals surface area contributed by atoms with Gasteiger partial charge in [0.25, 0.3) is 0 Å². The lowest BCUT2D eigenvalue weighted by molar-refractivity contribution is -0.121. The Bertz CT molecular complexity index is 928. The van der Waals surface area contributed by atoms with Crippen LogP contribution in [0.15, 0.2) is 54.7 Å². The molecule has 0 aliphatic heterocycles. The first-order valence-corrected chi connectivity index (χ1v) is 9.27. The minimum atomic E-state index is -0.0513. The molecule has 3 aromatic rings. The Labute approximate surface area is 159 Å². The summed E-state index contributed by atoms with van der Waals surface area (Å²) in [5.74, 6) is -0.0882. The fraction of sp³-hybridized carbons (Fsp3) is 0.273. The van der Waals surface area contributed by atoms with Gasteiger partial charge in [0.15, 0.2) is 0 Å². The molecular weight excluding hydrogens is 338 g/mol. The molecule has 5 nitrogen and oxygen atoms in total. The summed E-state index contributed by atoms with van der Waals surface area (Å²) in [5.41, 5.74) is 4.08. The van der Waals surface area contributed by atoms with Gasteiger partial charge in [0, 0.05) is 42.8 Å². The number of benzene rings is 2.